The van der Waals surface area contributed by atoms with Gasteiger partial charge >= 0.3 is 20.0 Å². The van der Waals surface area contributed by atoms with Crippen LogP contribution in [0.1, 0.15) is 128 Å². The van der Waals surface area contributed by atoms with Gasteiger partial charge < -0.3 is 27.5 Å². The molecule has 0 unspecified atom stereocenters. The number of rotatable bonds is 11. The molecule has 0 spiro atoms. The number of nitrogens with one attached hydrogen (secondary N) is 1. The molecule has 480 valence electrons. The summed E-state index contributed by atoms with van der Waals surface area (Å²) in [5, 5.41) is 13.8. The van der Waals surface area contributed by atoms with Gasteiger partial charge in [-0.25, -0.2) is 0 Å². The summed E-state index contributed by atoms with van der Waals surface area (Å²) in [6.45, 7) is 22.1. The monoisotopic (exact) mass is 1350 g/mol. The van der Waals surface area contributed by atoms with Gasteiger partial charge in [-0.3, -0.25) is 23.0 Å². The number of hydrogen-bond donors (Lipinski definition) is 6. The number of carbonyl (C=O) groups is 1. The average Bonchev–Trinajstić information content (AvgIpc) is 0.774. The van der Waals surface area contributed by atoms with Crippen LogP contribution in [0.25, 0.3) is 27.3 Å². The lowest BCUT2D eigenvalue weighted by atomic mass is 9.86. The predicted octanol–water partition coefficient (Wildman–Crippen LogP) is 12.5. The third-order valence-corrected chi connectivity index (χ3v) is 19.1. The minimum absolute atomic E-state index is 0.00712. The van der Waals surface area contributed by atoms with Crippen molar-refractivity contribution in [3.63, 3.8) is 0 Å². The molecular formula is C66H71NO18S4Si2. The Hall–Kier alpha value is -7.96. The Bertz CT molecular complexity index is 4630. The van der Waals surface area contributed by atoms with Gasteiger partial charge in [0.25, 0.3) is 57.9 Å². The molecule has 0 bridgehead atoms. The van der Waals surface area contributed by atoms with Gasteiger partial charge in [0.15, 0.2) is 0 Å². The molecule has 2 aliphatic rings. The number of fused-ring (bicyclic) bond motifs is 2. The molecule has 25 heteroatoms. The topological polar surface area (TPSA) is 308 Å². The molecule has 0 aliphatic carbocycles. The van der Waals surface area contributed by atoms with Gasteiger partial charge in [-0.15, -0.1) is 0 Å². The smallest absolute Gasteiger partial charge is 0.440 e. The summed E-state index contributed by atoms with van der Waals surface area (Å²) in [5.74, 6) is 2.19. The van der Waals surface area contributed by atoms with Gasteiger partial charge in [-0.05, 0) is 111 Å². The van der Waals surface area contributed by atoms with Crippen LogP contribution < -0.4 is 5.32 Å². The molecule has 91 heavy (non-hydrogen) atoms. The Morgan fingerprint density at radius 1 is 0.505 bits per heavy atom. The fraction of sp³-hybridized carbons (Fsp3) is 0.227. The van der Waals surface area contributed by atoms with Crippen LogP contribution in [0.3, 0.4) is 0 Å². The standard InChI is InChI=1S/C23H28O2Si.C20H24O2Si.C17H13NO7S2.C6H6O7S2/c1-22(2,3)18-11-7-16(8-12-18)20-15-21(25-26-24-20)17-9-13-19(14-10-17)23(4,5)6;1-5-7-14-8-6-9-15-12-16(10-11-17(14)15)18-13-19(20(2,3)4)22-23-21-18;19-17(11-5-2-1-3-6-11)18-13-9-10-14(26(20,21)22)12-7-4-8-15(16(12)13)27(23,24)25;7-5-3-4(14(8,9)10)1-2-6(5)15(11,12)13/h7-15,26H,1-6H3;6,8-13,23H,5,7H2,1-4H3;1-10H,(H,18,19)(H,20,21,22)(H,23,24,25);1-3,7H,(H,8,9,10)(H,11,12,13). The lowest BCUT2D eigenvalue weighted by molar-refractivity contribution is -0.109. The summed E-state index contributed by atoms with van der Waals surface area (Å²) < 4.78 is 148. The van der Waals surface area contributed by atoms with Gasteiger partial charge in [-0.1, -0.05) is 167 Å². The lowest BCUT2D eigenvalue weighted by Gasteiger charge is -2.26. The largest absolute Gasteiger partial charge is 0.621 e. The molecule has 10 rings (SSSR count). The van der Waals surface area contributed by atoms with E-state index < -0.39 is 91.7 Å². The van der Waals surface area contributed by atoms with E-state index in [1.54, 1.807) is 18.2 Å². The van der Waals surface area contributed by atoms with Crippen LogP contribution in [0.15, 0.2) is 201 Å². The number of aryl methyl sites for hydroxylation is 1. The van der Waals surface area contributed by atoms with Crippen molar-refractivity contribution in [3.8, 4) is 5.75 Å². The van der Waals surface area contributed by atoms with E-state index in [0.717, 1.165) is 70.5 Å². The first-order valence-corrected chi connectivity index (χ1v) is 35.9. The zero-order chi connectivity index (χ0) is 67.1. The van der Waals surface area contributed by atoms with E-state index in [9.17, 15) is 47.6 Å². The van der Waals surface area contributed by atoms with Gasteiger partial charge in [-0.2, -0.15) is 33.7 Å². The maximum absolute atomic E-state index is 12.4. The Morgan fingerprint density at radius 2 is 1.04 bits per heavy atom. The van der Waals surface area contributed by atoms with Crippen molar-refractivity contribution in [1.29, 1.82) is 0 Å². The first-order chi connectivity index (χ1) is 42.3. The van der Waals surface area contributed by atoms with Crippen molar-refractivity contribution in [1.82, 2.24) is 0 Å². The van der Waals surface area contributed by atoms with Crippen LogP contribution in [0, 0.1) is 5.41 Å². The molecule has 2 aliphatic heterocycles. The fourth-order valence-corrected chi connectivity index (χ4v) is 13.3. The van der Waals surface area contributed by atoms with E-state index in [1.165, 1.54) is 58.1 Å². The second-order valence-electron chi connectivity index (χ2n) is 24.1. The maximum Gasteiger partial charge on any atom is 0.440 e. The molecule has 0 aromatic heterocycles. The van der Waals surface area contributed by atoms with Crippen LogP contribution >= 0.6 is 0 Å². The highest BCUT2D eigenvalue weighted by molar-refractivity contribution is 7.87. The van der Waals surface area contributed by atoms with Crippen LogP contribution in [0.2, 0.25) is 0 Å². The van der Waals surface area contributed by atoms with Gasteiger partial charge in [0, 0.05) is 33.4 Å². The average molecular weight is 1350 g/mol. The summed E-state index contributed by atoms with van der Waals surface area (Å²) in [6, 6.07) is 46.1. The van der Waals surface area contributed by atoms with Gasteiger partial charge in [0.05, 0.1) is 45.4 Å². The summed E-state index contributed by atoms with van der Waals surface area (Å²) >= 11 is 0. The molecule has 8 aromatic rings. The third kappa shape index (κ3) is 18.6. The Balaban J connectivity index is 0.000000176. The summed E-state index contributed by atoms with van der Waals surface area (Å²) in [5.41, 5.74) is 7.94. The molecular weight excluding hydrogens is 1280 g/mol. The Labute approximate surface area is 536 Å². The SMILES string of the molecule is CC(C)(C)c1ccc(C2=CC(c3ccc(C(C)(C)C)cc3)=[O+][SiH-]O2)cc1.CCCc1cccc2cc(C3=[O+][SiH-]OC(C(C)(C)C)=C3)ccc12.O=C(Nc1ccc(S(=O)(=O)O)c2cccc(S(=O)(=O)O)c12)c1ccccc1.O=S(=O)(O)c1ccc(S(=O)(=O)O)c(O)c1. The second-order valence-corrected chi connectivity index (χ2v) is 31.0. The normalized spacial score (nSPS) is 13.6. The fourth-order valence-electron chi connectivity index (χ4n) is 9.29. The Kier molecular flexibility index (Phi) is 21.9. The summed E-state index contributed by atoms with van der Waals surface area (Å²) in [4.78, 5) is 9.74. The zero-order valence-electron chi connectivity index (χ0n) is 51.5. The van der Waals surface area contributed by atoms with Gasteiger partial charge in [0.2, 0.25) is 0 Å². The van der Waals surface area contributed by atoms with E-state index in [2.05, 4.69) is 159 Å². The van der Waals surface area contributed by atoms with E-state index >= 15 is 0 Å². The van der Waals surface area contributed by atoms with E-state index in [0.29, 0.717) is 12.1 Å². The number of benzene rings is 8. The van der Waals surface area contributed by atoms with Crippen molar-refractivity contribution in [2.45, 2.75) is 112 Å². The third-order valence-electron chi connectivity index (χ3n) is 14.1. The minimum Gasteiger partial charge on any atom is -0.621 e. The molecule has 2 heterocycles. The number of aromatic hydroxyl groups is 1. The van der Waals surface area contributed by atoms with Crippen molar-refractivity contribution >= 4 is 111 Å². The number of carbonyl (C=O) groups excluding carboxylic acids is 3. The molecule has 1 amide bonds. The van der Waals surface area contributed by atoms with E-state index in [1.807, 2.05) is 12.2 Å². The predicted molar refractivity (Wildman–Crippen MR) is 355 cm³/mol. The Morgan fingerprint density at radius 3 is 1.58 bits per heavy atom. The summed E-state index contributed by atoms with van der Waals surface area (Å²) in [7, 11) is -19.6. The quantitative estimate of drug-likeness (QED) is 0.0398. The van der Waals surface area contributed by atoms with Crippen LogP contribution in [-0.4, -0.2) is 94.5 Å². The molecule has 0 saturated carbocycles. The van der Waals surface area contributed by atoms with Crippen LogP contribution in [0.4, 0.5) is 5.69 Å². The number of amides is 1. The maximum atomic E-state index is 12.4. The lowest BCUT2D eigenvalue weighted by Crippen LogP contribution is -2.20. The second kappa shape index (κ2) is 28.3. The first kappa shape index (κ1) is 70.5. The van der Waals surface area contributed by atoms with Crippen molar-refractivity contribution in [3.05, 3.63) is 221 Å². The number of ketones is 2. The van der Waals surface area contributed by atoms with Gasteiger partial charge in [0.1, 0.15) is 20.4 Å². The molecule has 0 fully saturated rings. The molecule has 0 atom stereocenters. The minimum atomic E-state index is -4.74. The number of phenolic OH excluding ortho intramolecular Hbond substituents is 1. The van der Waals surface area contributed by atoms with E-state index in [4.69, 9.17) is 31.3 Å². The highest BCUT2D eigenvalue weighted by Gasteiger charge is 2.27. The number of allylic oxidation sites excluding steroid dienone is 3. The highest BCUT2D eigenvalue weighted by atomic mass is 32.2. The van der Waals surface area contributed by atoms with E-state index in [-0.39, 0.29) is 38.3 Å². The van der Waals surface area contributed by atoms with Crippen molar-refractivity contribution in [2.75, 3.05) is 5.32 Å². The number of phenols is 1. The number of anilines is 1. The zero-order valence-corrected chi connectivity index (χ0v) is 57.1. The van der Waals surface area contributed by atoms with Crippen molar-refractivity contribution < 1.29 is 78.9 Å². The van der Waals surface area contributed by atoms with Crippen molar-refractivity contribution in [2.24, 2.45) is 5.41 Å². The molecule has 8 aromatic carbocycles. The molecule has 6 N–H and O–H groups in total. The molecule has 0 saturated heterocycles. The van der Waals surface area contributed by atoms with Crippen LogP contribution in [0.5, 0.6) is 5.75 Å². The number of hydrogen-bond acceptors (Lipinski definition) is 12. The molecule has 19 nitrogen and oxygen atoms in total. The summed E-state index contributed by atoms with van der Waals surface area (Å²) in [6.07, 6.45) is 6.35. The highest BCUT2D eigenvalue weighted by Crippen LogP contribution is 2.36. The van der Waals surface area contributed by atoms with Crippen LogP contribution in [-0.2, 0) is 66.6 Å². The molecule has 0 radical (unpaired) electrons. The first-order valence-electron chi connectivity index (χ1n) is 28.2.